The Kier molecular flexibility index (Phi) is 10.8. The van der Waals surface area contributed by atoms with Gasteiger partial charge in [-0.25, -0.2) is 9.38 Å². The van der Waals surface area contributed by atoms with Crippen LogP contribution in [0.5, 0.6) is 5.75 Å². The maximum Gasteiger partial charge on any atom is 0.194 e. The second-order valence-electron chi connectivity index (χ2n) is 6.29. The maximum absolute atomic E-state index is 13.5. The summed E-state index contributed by atoms with van der Waals surface area (Å²) in [6.07, 6.45) is 0. The third-order valence-electron chi connectivity index (χ3n) is 4.17. The van der Waals surface area contributed by atoms with Crippen molar-refractivity contribution in [3.05, 3.63) is 65.0 Å². The van der Waals surface area contributed by atoms with E-state index in [-0.39, 0.29) is 36.1 Å². The van der Waals surface area contributed by atoms with Gasteiger partial charge in [0, 0.05) is 19.2 Å². The van der Waals surface area contributed by atoms with Crippen molar-refractivity contribution >= 4 is 29.9 Å². The number of nitrogens with one attached hydrogen (secondary N) is 1. The Morgan fingerprint density at radius 2 is 2.00 bits per heavy atom. The first-order valence-electron chi connectivity index (χ1n) is 9.11. The molecule has 7 heteroatoms. The number of hydrogen-bond acceptors (Lipinski definition) is 3. The van der Waals surface area contributed by atoms with Gasteiger partial charge in [-0.15, -0.1) is 24.0 Å². The normalized spacial score (nSPS) is 11.0. The summed E-state index contributed by atoms with van der Waals surface area (Å²) in [6.45, 7) is 6.07. The number of aliphatic imine (C=N–C) groups is 1. The van der Waals surface area contributed by atoms with Gasteiger partial charge in [-0.05, 0) is 43.2 Å². The fourth-order valence-electron chi connectivity index (χ4n) is 2.60. The van der Waals surface area contributed by atoms with Crippen LogP contribution in [0.15, 0.2) is 47.5 Å². The van der Waals surface area contributed by atoms with Crippen LogP contribution in [-0.4, -0.2) is 42.7 Å². The summed E-state index contributed by atoms with van der Waals surface area (Å²) >= 11 is 0. The van der Waals surface area contributed by atoms with E-state index in [1.165, 1.54) is 6.07 Å². The molecular weight excluding hydrogens is 472 g/mol. The number of halogens is 2. The van der Waals surface area contributed by atoms with Crippen LogP contribution in [0.1, 0.15) is 23.6 Å². The Morgan fingerprint density at radius 3 is 2.68 bits per heavy atom. The summed E-state index contributed by atoms with van der Waals surface area (Å²) in [5.41, 5.74) is 2.24. The van der Waals surface area contributed by atoms with Gasteiger partial charge in [0.15, 0.2) is 5.96 Å². The highest BCUT2D eigenvalue weighted by Crippen LogP contribution is 2.16. The van der Waals surface area contributed by atoms with E-state index in [1.54, 1.807) is 12.1 Å². The van der Waals surface area contributed by atoms with E-state index in [0.717, 1.165) is 29.4 Å². The smallest absolute Gasteiger partial charge is 0.194 e. The Labute approximate surface area is 183 Å². The lowest BCUT2D eigenvalue weighted by Crippen LogP contribution is -2.40. The average molecular weight is 501 g/mol. The molecule has 0 aromatic heterocycles. The van der Waals surface area contributed by atoms with Crippen LogP contribution in [0.4, 0.5) is 4.39 Å². The fourth-order valence-corrected chi connectivity index (χ4v) is 2.60. The van der Waals surface area contributed by atoms with Gasteiger partial charge in [0.25, 0.3) is 0 Å². The van der Waals surface area contributed by atoms with Gasteiger partial charge in [-0.1, -0.05) is 24.3 Å². The molecule has 0 aliphatic carbocycles. The molecule has 28 heavy (non-hydrogen) atoms. The van der Waals surface area contributed by atoms with Gasteiger partial charge in [-0.3, -0.25) is 0 Å². The number of aryl methyl sites for hydroxylation is 1. The number of aliphatic hydroxyl groups excluding tert-OH is 1. The van der Waals surface area contributed by atoms with Crippen LogP contribution < -0.4 is 10.1 Å². The average Bonchev–Trinajstić information content (AvgIpc) is 2.67. The minimum Gasteiger partial charge on any atom is -0.491 e. The number of para-hydroxylation sites is 1. The van der Waals surface area contributed by atoms with Gasteiger partial charge in [0.05, 0.1) is 19.7 Å². The van der Waals surface area contributed by atoms with Crippen LogP contribution in [0, 0.1) is 12.7 Å². The monoisotopic (exact) mass is 501 g/mol. The summed E-state index contributed by atoms with van der Waals surface area (Å²) in [5.74, 6) is 1.24. The lowest BCUT2D eigenvalue weighted by Gasteiger charge is -2.22. The number of rotatable bonds is 8. The van der Waals surface area contributed by atoms with Gasteiger partial charge in [0.2, 0.25) is 0 Å². The third kappa shape index (κ3) is 7.27. The molecule has 0 radical (unpaired) electrons. The zero-order chi connectivity index (χ0) is 19.6. The molecule has 0 saturated carbocycles. The summed E-state index contributed by atoms with van der Waals surface area (Å²) in [5, 5.41) is 12.4. The quantitative estimate of drug-likeness (QED) is 0.329. The highest BCUT2D eigenvalue weighted by Gasteiger charge is 2.07. The number of hydrogen-bond donors (Lipinski definition) is 2. The SMILES string of the molecule is CCNC(=NCc1ccc(F)c(CO)c1)N(C)CCOc1ccccc1C.I. The van der Waals surface area contributed by atoms with Crippen molar-refractivity contribution in [3.63, 3.8) is 0 Å². The molecule has 0 atom stereocenters. The largest absolute Gasteiger partial charge is 0.491 e. The Bertz CT molecular complexity index is 771. The van der Waals surface area contributed by atoms with E-state index in [1.807, 2.05) is 50.1 Å². The standard InChI is InChI=1S/C21H28FN3O2.HI/c1-4-23-21(24-14-17-9-10-19(22)18(13-17)15-26)25(3)11-12-27-20-8-6-5-7-16(20)2;/h5-10,13,26H,4,11-12,14-15H2,1-3H3,(H,23,24);1H. The molecule has 5 nitrogen and oxygen atoms in total. The lowest BCUT2D eigenvalue weighted by molar-refractivity contribution is 0.275. The predicted molar refractivity (Wildman–Crippen MR) is 122 cm³/mol. The molecule has 2 N–H and O–H groups in total. The molecule has 2 aromatic carbocycles. The van der Waals surface area contributed by atoms with Crippen LogP contribution in [0.3, 0.4) is 0 Å². The first-order valence-corrected chi connectivity index (χ1v) is 9.11. The molecular formula is C21H29FIN3O2. The Balaban J connectivity index is 0.00000392. The van der Waals surface area contributed by atoms with Crippen LogP contribution in [0.25, 0.3) is 0 Å². The third-order valence-corrected chi connectivity index (χ3v) is 4.17. The van der Waals surface area contributed by atoms with E-state index >= 15 is 0 Å². The molecule has 0 fully saturated rings. The summed E-state index contributed by atoms with van der Waals surface area (Å²) in [7, 11) is 1.95. The second-order valence-corrected chi connectivity index (χ2v) is 6.29. The molecule has 2 aromatic rings. The highest BCUT2D eigenvalue weighted by molar-refractivity contribution is 14.0. The summed E-state index contributed by atoms with van der Waals surface area (Å²) < 4.78 is 19.3. The van der Waals surface area contributed by atoms with Crippen LogP contribution in [-0.2, 0) is 13.2 Å². The first kappa shape index (κ1) is 24.2. The summed E-state index contributed by atoms with van der Waals surface area (Å²) in [6, 6.07) is 12.6. The van der Waals surface area contributed by atoms with Crippen molar-refractivity contribution in [2.45, 2.75) is 27.0 Å². The van der Waals surface area contributed by atoms with Crippen molar-refractivity contribution in [2.24, 2.45) is 4.99 Å². The number of likely N-dealkylation sites (N-methyl/N-ethyl adjacent to an activating group) is 1. The zero-order valence-corrected chi connectivity index (χ0v) is 18.9. The molecule has 0 heterocycles. The fraction of sp³-hybridized carbons (Fsp3) is 0.381. The molecule has 0 spiro atoms. The van der Waals surface area contributed by atoms with E-state index in [4.69, 9.17) is 4.74 Å². The van der Waals surface area contributed by atoms with Crippen molar-refractivity contribution in [3.8, 4) is 5.75 Å². The van der Waals surface area contributed by atoms with Crippen LogP contribution >= 0.6 is 24.0 Å². The predicted octanol–water partition coefficient (Wildman–Crippen LogP) is 3.72. The molecule has 0 aliphatic heterocycles. The number of ether oxygens (including phenoxy) is 1. The molecule has 0 saturated heterocycles. The summed E-state index contributed by atoms with van der Waals surface area (Å²) in [4.78, 5) is 6.60. The Hall–Kier alpha value is -1.87. The zero-order valence-electron chi connectivity index (χ0n) is 16.6. The number of guanidine groups is 1. The molecule has 0 bridgehead atoms. The van der Waals surface area contributed by atoms with Gasteiger partial charge >= 0.3 is 0 Å². The van der Waals surface area contributed by atoms with E-state index in [2.05, 4.69) is 10.3 Å². The highest BCUT2D eigenvalue weighted by atomic mass is 127. The van der Waals surface area contributed by atoms with Crippen LogP contribution in [0.2, 0.25) is 0 Å². The van der Waals surface area contributed by atoms with Crippen molar-refractivity contribution in [2.75, 3.05) is 26.7 Å². The Morgan fingerprint density at radius 1 is 1.25 bits per heavy atom. The van der Waals surface area contributed by atoms with E-state index in [0.29, 0.717) is 19.7 Å². The van der Waals surface area contributed by atoms with E-state index < -0.39 is 5.82 Å². The minimum absolute atomic E-state index is 0. The maximum atomic E-state index is 13.5. The van der Waals surface area contributed by atoms with Crippen molar-refractivity contribution in [1.82, 2.24) is 10.2 Å². The first-order chi connectivity index (χ1) is 13.0. The molecule has 0 amide bonds. The second kappa shape index (κ2) is 12.6. The van der Waals surface area contributed by atoms with Crippen molar-refractivity contribution < 1.29 is 14.2 Å². The van der Waals surface area contributed by atoms with E-state index in [9.17, 15) is 9.50 Å². The van der Waals surface area contributed by atoms with Gasteiger partial charge in [0.1, 0.15) is 18.2 Å². The minimum atomic E-state index is -0.400. The molecule has 0 aliphatic rings. The number of aliphatic hydroxyl groups is 1. The van der Waals surface area contributed by atoms with Gasteiger partial charge < -0.3 is 20.1 Å². The molecule has 154 valence electrons. The molecule has 2 rings (SSSR count). The molecule has 0 unspecified atom stereocenters. The number of benzene rings is 2. The number of nitrogens with zero attached hydrogens (tertiary/aromatic N) is 2. The van der Waals surface area contributed by atoms with Crippen molar-refractivity contribution in [1.29, 1.82) is 0 Å². The lowest BCUT2D eigenvalue weighted by atomic mass is 10.1. The topological polar surface area (TPSA) is 57.1 Å². The van der Waals surface area contributed by atoms with Gasteiger partial charge in [-0.2, -0.15) is 0 Å².